The Labute approximate surface area is 83.1 Å². The number of hydrogen-bond acceptors (Lipinski definition) is 3. The first kappa shape index (κ1) is 12.0. The van der Waals surface area contributed by atoms with Crippen molar-refractivity contribution >= 4 is 29.8 Å². The highest BCUT2D eigenvalue weighted by Crippen LogP contribution is 2.28. The maximum atomic E-state index is 10.1. The summed E-state index contributed by atoms with van der Waals surface area (Å²) in [6.45, 7) is 6.22. The van der Waals surface area contributed by atoms with Gasteiger partial charge in [-0.15, -0.1) is 0 Å². The molecule has 2 nitrogen and oxygen atoms in total. The number of nitrogens with zero attached hydrogens (tertiary/aromatic N) is 1. The van der Waals surface area contributed by atoms with E-state index in [9.17, 15) is 4.79 Å². The number of halogens is 1. The molecular weight excluding hydrogens is 194 g/mol. The molecule has 0 unspecified atom stereocenters. The molecule has 0 rings (SSSR count). The molecule has 0 aromatic heterocycles. The van der Waals surface area contributed by atoms with Crippen LogP contribution in [0, 0.1) is 0 Å². The van der Waals surface area contributed by atoms with Gasteiger partial charge in [-0.2, -0.15) is 0 Å². The van der Waals surface area contributed by atoms with E-state index in [0.717, 1.165) is 0 Å². The van der Waals surface area contributed by atoms with Crippen LogP contribution < -0.4 is 0 Å². The van der Waals surface area contributed by atoms with Crippen LogP contribution in [0.1, 0.15) is 20.8 Å². The molecule has 0 amide bonds. The van der Waals surface area contributed by atoms with Crippen LogP contribution in [0.2, 0.25) is 0 Å². The smallest absolute Gasteiger partial charge is 0.144 e. The highest BCUT2D eigenvalue weighted by Gasteiger charge is 2.18. The van der Waals surface area contributed by atoms with Gasteiger partial charge in [-0.25, -0.2) is 4.31 Å². The van der Waals surface area contributed by atoms with Crippen LogP contribution in [0.5, 0.6) is 0 Å². The third kappa shape index (κ3) is 4.80. The van der Waals surface area contributed by atoms with E-state index in [4.69, 9.17) is 11.6 Å². The van der Waals surface area contributed by atoms with E-state index in [-0.39, 0.29) is 5.54 Å². The van der Waals surface area contributed by atoms with Gasteiger partial charge in [0.05, 0.1) is 4.36 Å². The molecular formula is C8H14ClNOS. The van der Waals surface area contributed by atoms with Crippen LogP contribution in [-0.4, -0.2) is 23.2 Å². The van der Waals surface area contributed by atoms with Crippen molar-refractivity contribution in [2.24, 2.45) is 0 Å². The summed E-state index contributed by atoms with van der Waals surface area (Å²) in [6.07, 6.45) is 2.03. The minimum atomic E-state index is 0.0432. The molecule has 4 heteroatoms. The van der Waals surface area contributed by atoms with Gasteiger partial charge in [0, 0.05) is 11.6 Å². The predicted octanol–water partition coefficient (Wildman–Crippen LogP) is 2.64. The van der Waals surface area contributed by atoms with Gasteiger partial charge in [-0.3, -0.25) is 4.79 Å². The Morgan fingerprint density at radius 1 is 1.50 bits per heavy atom. The normalized spacial score (nSPS) is 13.7. The Morgan fingerprint density at radius 3 is 2.33 bits per heavy atom. The van der Waals surface area contributed by atoms with Crippen LogP contribution >= 0.6 is 23.5 Å². The van der Waals surface area contributed by atoms with Crippen LogP contribution in [0.3, 0.4) is 0 Å². The molecule has 0 aliphatic heterocycles. The molecule has 0 aromatic carbocycles. The summed E-state index contributed by atoms with van der Waals surface area (Å²) in [6, 6.07) is 0. The lowest BCUT2D eigenvalue weighted by atomic mass is 10.1. The molecule has 0 aromatic rings. The van der Waals surface area contributed by atoms with Gasteiger partial charge < -0.3 is 0 Å². The van der Waals surface area contributed by atoms with E-state index < -0.39 is 0 Å². The number of rotatable bonds is 3. The monoisotopic (exact) mass is 207 g/mol. The van der Waals surface area contributed by atoms with Crippen LogP contribution in [0.15, 0.2) is 10.4 Å². The number of hydrogen-bond donors (Lipinski definition) is 0. The summed E-state index contributed by atoms with van der Waals surface area (Å²) in [5, 5.41) is 0. The Morgan fingerprint density at radius 2 is 2.00 bits per heavy atom. The molecule has 0 saturated carbocycles. The lowest BCUT2D eigenvalue weighted by Crippen LogP contribution is -2.32. The van der Waals surface area contributed by atoms with Crippen molar-refractivity contribution in [3.05, 3.63) is 10.4 Å². The fourth-order valence-corrected chi connectivity index (χ4v) is 1.37. The molecule has 0 spiro atoms. The highest BCUT2D eigenvalue weighted by atomic mass is 35.5. The predicted molar refractivity (Wildman–Crippen MR) is 55.1 cm³/mol. The SMILES string of the molecule is CN(S/C(Cl)=C\C=O)C(C)(C)C. The lowest BCUT2D eigenvalue weighted by Gasteiger charge is -2.29. The Balaban J connectivity index is 4.09. The summed E-state index contributed by atoms with van der Waals surface area (Å²) in [7, 11) is 1.94. The Hall–Kier alpha value is 0.01000. The first-order chi connectivity index (χ1) is 5.38. The standard InChI is InChI=1S/C8H14ClNOS/c1-8(2,3)10(4)12-7(9)5-6-11/h5-6H,1-4H3/b7-5-. The zero-order valence-corrected chi connectivity index (χ0v) is 9.37. The highest BCUT2D eigenvalue weighted by molar-refractivity contribution is 8.02. The zero-order valence-electron chi connectivity index (χ0n) is 7.80. The lowest BCUT2D eigenvalue weighted by molar-refractivity contribution is -0.104. The summed E-state index contributed by atoms with van der Waals surface area (Å²) in [5.41, 5.74) is 0.0432. The average Bonchev–Trinajstić information content (AvgIpc) is 1.85. The fraction of sp³-hybridized carbons (Fsp3) is 0.625. The summed E-state index contributed by atoms with van der Waals surface area (Å²) >= 11 is 7.09. The molecule has 0 fully saturated rings. The van der Waals surface area contributed by atoms with Gasteiger partial charge >= 0.3 is 0 Å². The number of carbonyl (C=O) groups excluding carboxylic acids is 1. The molecule has 0 radical (unpaired) electrons. The van der Waals surface area contributed by atoms with Gasteiger partial charge in [0.1, 0.15) is 6.29 Å². The van der Waals surface area contributed by atoms with Gasteiger partial charge in [0.25, 0.3) is 0 Å². The largest absolute Gasteiger partial charge is 0.298 e. The van der Waals surface area contributed by atoms with Crippen LogP contribution in [-0.2, 0) is 4.79 Å². The molecule has 0 aliphatic carbocycles. The maximum absolute atomic E-state index is 10.1. The summed E-state index contributed by atoms with van der Waals surface area (Å²) in [4.78, 5) is 10.1. The van der Waals surface area contributed by atoms with Crippen LogP contribution in [0.4, 0.5) is 0 Å². The molecule has 70 valence electrons. The van der Waals surface area contributed by atoms with Gasteiger partial charge in [-0.1, -0.05) is 11.6 Å². The first-order valence-corrected chi connectivity index (χ1v) is 4.76. The van der Waals surface area contributed by atoms with E-state index in [1.807, 2.05) is 11.4 Å². The third-order valence-electron chi connectivity index (χ3n) is 1.37. The fourth-order valence-electron chi connectivity index (χ4n) is 0.352. The maximum Gasteiger partial charge on any atom is 0.144 e. The molecule has 12 heavy (non-hydrogen) atoms. The molecule has 0 aliphatic rings. The van der Waals surface area contributed by atoms with Crippen LogP contribution in [0.25, 0.3) is 0 Å². The van der Waals surface area contributed by atoms with E-state index in [2.05, 4.69) is 20.8 Å². The van der Waals surface area contributed by atoms with E-state index in [1.165, 1.54) is 18.0 Å². The quantitative estimate of drug-likeness (QED) is 0.403. The Kier molecular flexibility index (Phi) is 4.90. The number of aldehydes is 1. The second-order valence-electron chi connectivity index (χ2n) is 3.37. The van der Waals surface area contributed by atoms with Crippen molar-refractivity contribution in [1.29, 1.82) is 0 Å². The zero-order chi connectivity index (χ0) is 9.78. The van der Waals surface area contributed by atoms with E-state index in [0.29, 0.717) is 10.7 Å². The second kappa shape index (κ2) is 4.90. The molecule has 0 atom stereocenters. The van der Waals surface area contributed by atoms with Gasteiger partial charge in [0.2, 0.25) is 0 Å². The van der Waals surface area contributed by atoms with Crippen molar-refractivity contribution in [3.8, 4) is 0 Å². The van der Waals surface area contributed by atoms with E-state index >= 15 is 0 Å². The molecule has 0 saturated heterocycles. The summed E-state index contributed by atoms with van der Waals surface area (Å²) < 4.78 is 2.48. The van der Waals surface area contributed by atoms with E-state index in [1.54, 1.807) is 0 Å². The molecule has 0 heterocycles. The minimum absolute atomic E-state index is 0.0432. The molecule has 0 bridgehead atoms. The van der Waals surface area contributed by atoms with Crippen molar-refractivity contribution in [3.63, 3.8) is 0 Å². The van der Waals surface area contributed by atoms with Gasteiger partial charge in [-0.05, 0) is 39.8 Å². The topological polar surface area (TPSA) is 20.3 Å². The van der Waals surface area contributed by atoms with Crippen molar-refractivity contribution in [2.75, 3.05) is 7.05 Å². The van der Waals surface area contributed by atoms with Crippen molar-refractivity contribution in [1.82, 2.24) is 4.31 Å². The summed E-state index contributed by atoms with van der Waals surface area (Å²) in [5.74, 6) is 0. The molecule has 0 N–H and O–H groups in total. The average molecular weight is 208 g/mol. The third-order valence-corrected chi connectivity index (χ3v) is 2.83. The Bertz CT molecular complexity index is 186. The van der Waals surface area contributed by atoms with Crippen molar-refractivity contribution in [2.45, 2.75) is 26.3 Å². The minimum Gasteiger partial charge on any atom is -0.298 e. The number of carbonyl (C=O) groups is 1. The van der Waals surface area contributed by atoms with Crippen molar-refractivity contribution < 1.29 is 4.79 Å². The van der Waals surface area contributed by atoms with Gasteiger partial charge in [0.15, 0.2) is 0 Å². The number of allylic oxidation sites excluding steroid dienone is 1. The second-order valence-corrected chi connectivity index (χ2v) is 5.17. The first-order valence-electron chi connectivity index (χ1n) is 3.60.